The van der Waals surface area contributed by atoms with Gasteiger partial charge in [0.15, 0.2) is 0 Å². The summed E-state index contributed by atoms with van der Waals surface area (Å²) in [5.41, 5.74) is 5.24. The van der Waals surface area contributed by atoms with Gasteiger partial charge in [0, 0.05) is 6.04 Å². The number of rotatable bonds is 5. The zero-order chi connectivity index (χ0) is 9.56. The lowest BCUT2D eigenvalue weighted by atomic mass is 10.2. The average molecular weight is 174 g/mol. The highest BCUT2D eigenvalue weighted by atomic mass is 16.3. The molecular weight excluding hydrogens is 156 g/mol. The predicted molar refractivity (Wildman–Crippen MR) is 47.6 cm³/mol. The van der Waals surface area contributed by atoms with Crippen LogP contribution in [0.4, 0.5) is 0 Å². The predicted octanol–water partition coefficient (Wildman–Crippen LogP) is -0.389. The highest BCUT2D eigenvalue weighted by Crippen LogP contribution is 1.95. The van der Waals surface area contributed by atoms with Crippen molar-refractivity contribution in [3.63, 3.8) is 0 Å². The lowest BCUT2D eigenvalue weighted by Gasteiger charge is -2.12. The molecule has 0 aromatic carbocycles. The summed E-state index contributed by atoms with van der Waals surface area (Å²) in [5.74, 6) is -0.307. The van der Waals surface area contributed by atoms with Crippen LogP contribution in [-0.4, -0.2) is 29.7 Å². The first-order chi connectivity index (χ1) is 5.57. The molecule has 0 aliphatic carbocycles. The van der Waals surface area contributed by atoms with E-state index in [1.807, 2.05) is 13.8 Å². The Kier molecular flexibility index (Phi) is 5.66. The first-order valence-electron chi connectivity index (χ1n) is 4.26. The second kappa shape index (κ2) is 5.97. The van der Waals surface area contributed by atoms with E-state index in [1.54, 1.807) is 0 Å². The molecule has 1 unspecified atom stereocenters. The zero-order valence-corrected chi connectivity index (χ0v) is 7.71. The highest BCUT2D eigenvalue weighted by Gasteiger charge is 2.14. The van der Waals surface area contributed by atoms with Crippen LogP contribution in [0.1, 0.15) is 26.7 Å². The third-order valence-corrected chi connectivity index (χ3v) is 1.42. The van der Waals surface area contributed by atoms with E-state index in [0.29, 0.717) is 19.4 Å². The minimum absolute atomic E-state index is 0.0741. The van der Waals surface area contributed by atoms with E-state index in [4.69, 9.17) is 5.73 Å². The van der Waals surface area contributed by atoms with Crippen LogP contribution in [-0.2, 0) is 4.79 Å². The molecule has 72 valence electrons. The zero-order valence-electron chi connectivity index (χ0n) is 7.71. The van der Waals surface area contributed by atoms with Gasteiger partial charge in [-0.05, 0) is 33.2 Å². The van der Waals surface area contributed by atoms with Gasteiger partial charge in [-0.2, -0.15) is 0 Å². The molecule has 0 aromatic heterocycles. The van der Waals surface area contributed by atoms with Crippen molar-refractivity contribution in [3.8, 4) is 0 Å². The Morgan fingerprint density at radius 1 is 1.58 bits per heavy atom. The van der Waals surface area contributed by atoms with Gasteiger partial charge in [0.25, 0.3) is 0 Å². The molecular formula is C8H18N2O2. The number of hydrogen-bond donors (Lipinski definition) is 3. The van der Waals surface area contributed by atoms with Crippen LogP contribution in [0.25, 0.3) is 0 Å². The molecule has 0 heterocycles. The van der Waals surface area contributed by atoms with E-state index in [9.17, 15) is 9.90 Å². The SMILES string of the molecule is CC(C)NC(=O)C(O)CCCN. The van der Waals surface area contributed by atoms with Crippen molar-refractivity contribution in [2.24, 2.45) is 5.73 Å². The fourth-order valence-electron chi connectivity index (χ4n) is 0.823. The molecule has 0 saturated heterocycles. The van der Waals surface area contributed by atoms with E-state index in [0.717, 1.165) is 0 Å². The fourth-order valence-corrected chi connectivity index (χ4v) is 0.823. The Hall–Kier alpha value is -0.610. The Morgan fingerprint density at radius 2 is 2.17 bits per heavy atom. The molecule has 4 heteroatoms. The largest absolute Gasteiger partial charge is 0.383 e. The van der Waals surface area contributed by atoms with Crippen LogP contribution in [0.5, 0.6) is 0 Å². The maximum absolute atomic E-state index is 11.1. The van der Waals surface area contributed by atoms with Gasteiger partial charge in [-0.15, -0.1) is 0 Å². The number of carbonyl (C=O) groups excluding carboxylic acids is 1. The number of aliphatic hydroxyl groups excluding tert-OH is 1. The van der Waals surface area contributed by atoms with Gasteiger partial charge in [-0.3, -0.25) is 4.79 Å². The van der Waals surface area contributed by atoms with Gasteiger partial charge in [-0.25, -0.2) is 0 Å². The number of aliphatic hydroxyl groups is 1. The van der Waals surface area contributed by atoms with Crippen LogP contribution < -0.4 is 11.1 Å². The Balaban J connectivity index is 3.61. The lowest BCUT2D eigenvalue weighted by molar-refractivity contribution is -0.130. The van der Waals surface area contributed by atoms with Crippen molar-refractivity contribution in [2.45, 2.75) is 38.8 Å². The molecule has 0 saturated carbocycles. The van der Waals surface area contributed by atoms with Gasteiger partial charge in [0.05, 0.1) is 0 Å². The molecule has 0 spiro atoms. The second-order valence-corrected chi connectivity index (χ2v) is 3.11. The minimum Gasteiger partial charge on any atom is -0.383 e. The number of nitrogens with two attached hydrogens (primary N) is 1. The summed E-state index contributed by atoms with van der Waals surface area (Å²) in [6.07, 6.45) is 0.206. The fraction of sp³-hybridized carbons (Fsp3) is 0.875. The monoisotopic (exact) mass is 174 g/mol. The first-order valence-corrected chi connectivity index (χ1v) is 4.26. The molecule has 12 heavy (non-hydrogen) atoms. The van der Waals surface area contributed by atoms with Gasteiger partial charge < -0.3 is 16.2 Å². The van der Waals surface area contributed by atoms with Crippen molar-refractivity contribution >= 4 is 5.91 Å². The molecule has 4 nitrogen and oxygen atoms in total. The summed E-state index contributed by atoms with van der Waals surface area (Å²) in [4.78, 5) is 11.1. The van der Waals surface area contributed by atoms with Crippen molar-refractivity contribution in [2.75, 3.05) is 6.54 Å². The smallest absolute Gasteiger partial charge is 0.249 e. The molecule has 0 bridgehead atoms. The number of amides is 1. The van der Waals surface area contributed by atoms with E-state index >= 15 is 0 Å². The van der Waals surface area contributed by atoms with Crippen molar-refractivity contribution in [1.82, 2.24) is 5.32 Å². The van der Waals surface area contributed by atoms with E-state index < -0.39 is 6.10 Å². The minimum atomic E-state index is -0.907. The summed E-state index contributed by atoms with van der Waals surface area (Å²) in [5, 5.41) is 11.9. The van der Waals surface area contributed by atoms with Gasteiger partial charge >= 0.3 is 0 Å². The second-order valence-electron chi connectivity index (χ2n) is 3.11. The molecule has 0 fully saturated rings. The van der Waals surface area contributed by atoms with Crippen LogP contribution in [0, 0.1) is 0 Å². The van der Waals surface area contributed by atoms with Crippen molar-refractivity contribution in [1.29, 1.82) is 0 Å². The molecule has 1 atom stereocenters. The van der Waals surface area contributed by atoms with Gasteiger partial charge in [-0.1, -0.05) is 0 Å². The molecule has 0 radical (unpaired) electrons. The molecule has 0 aliphatic heterocycles. The van der Waals surface area contributed by atoms with Crippen LogP contribution in [0.3, 0.4) is 0 Å². The summed E-state index contributed by atoms with van der Waals surface area (Å²) in [6, 6.07) is 0.0741. The van der Waals surface area contributed by atoms with Crippen molar-refractivity contribution in [3.05, 3.63) is 0 Å². The number of carbonyl (C=O) groups is 1. The lowest BCUT2D eigenvalue weighted by Crippen LogP contribution is -2.38. The summed E-state index contributed by atoms with van der Waals surface area (Å²) in [6.45, 7) is 4.22. The topological polar surface area (TPSA) is 75.3 Å². The van der Waals surface area contributed by atoms with Crippen LogP contribution in [0.15, 0.2) is 0 Å². The molecule has 0 aliphatic rings. The normalized spacial score (nSPS) is 13.1. The number of hydrogen-bond acceptors (Lipinski definition) is 3. The van der Waals surface area contributed by atoms with Crippen LogP contribution in [0.2, 0.25) is 0 Å². The van der Waals surface area contributed by atoms with E-state index in [1.165, 1.54) is 0 Å². The van der Waals surface area contributed by atoms with E-state index in [-0.39, 0.29) is 11.9 Å². The third kappa shape index (κ3) is 5.09. The van der Waals surface area contributed by atoms with Gasteiger partial charge in [0.2, 0.25) is 5.91 Å². The standard InChI is InChI=1S/C8H18N2O2/c1-6(2)10-8(12)7(11)4-3-5-9/h6-7,11H,3-5,9H2,1-2H3,(H,10,12). The Labute approximate surface area is 73.1 Å². The van der Waals surface area contributed by atoms with Crippen molar-refractivity contribution < 1.29 is 9.90 Å². The quantitative estimate of drug-likeness (QED) is 0.531. The summed E-state index contributed by atoms with van der Waals surface area (Å²) >= 11 is 0. The molecule has 0 rings (SSSR count). The third-order valence-electron chi connectivity index (χ3n) is 1.42. The summed E-state index contributed by atoms with van der Waals surface area (Å²) in [7, 11) is 0. The summed E-state index contributed by atoms with van der Waals surface area (Å²) < 4.78 is 0. The Bertz CT molecular complexity index is 137. The maximum atomic E-state index is 11.1. The van der Waals surface area contributed by atoms with Crippen LogP contribution >= 0.6 is 0 Å². The highest BCUT2D eigenvalue weighted by molar-refractivity contribution is 5.80. The number of nitrogens with one attached hydrogen (secondary N) is 1. The van der Waals surface area contributed by atoms with E-state index in [2.05, 4.69) is 5.32 Å². The maximum Gasteiger partial charge on any atom is 0.249 e. The molecule has 0 aromatic rings. The molecule has 1 amide bonds. The average Bonchev–Trinajstić information content (AvgIpc) is 1.98. The first kappa shape index (κ1) is 11.4. The Morgan fingerprint density at radius 3 is 2.58 bits per heavy atom. The van der Waals surface area contributed by atoms with Gasteiger partial charge in [0.1, 0.15) is 6.10 Å². The molecule has 4 N–H and O–H groups in total.